The summed E-state index contributed by atoms with van der Waals surface area (Å²) in [6, 6.07) is 18.0. The fraction of sp³-hybridized carbons (Fsp3) is 0.136. The average molecular weight is 408 g/mol. The normalized spacial score (nSPS) is 12.0. The molecule has 4 rings (SSSR count). The molecule has 1 N–H and O–H groups in total. The highest BCUT2D eigenvalue weighted by atomic mass is 32.2. The van der Waals surface area contributed by atoms with E-state index in [2.05, 4.69) is 5.32 Å². The first-order valence-corrected chi connectivity index (χ1v) is 10.5. The van der Waals surface area contributed by atoms with Gasteiger partial charge in [0.05, 0.1) is 17.6 Å². The Hall–Kier alpha value is -3.16. The number of nitrogens with one attached hydrogen (secondary N) is 1. The number of fused-ring (bicyclic) bond motifs is 3. The summed E-state index contributed by atoms with van der Waals surface area (Å²) >= 11 is 0. The summed E-state index contributed by atoms with van der Waals surface area (Å²) < 4.78 is 31.4. The molecule has 1 heterocycles. The van der Waals surface area contributed by atoms with Crippen molar-refractivity contribution >= 4 is 43.4 Å². The van der Waals surface area contributed by atoms with Crippen LogP contribution >= 0.6 is 0 Å². The number of benzene rings is 3. The van der Waals surface area contributed by atoms with Crippen molar-refractivity contribution in [1.82, 2.24) is 4.31 Å². The SMILES string of the molecule is CN(C)S(=O)(=O)c1cccc(NC(=O)Cc2coc3ccc4ccccc4c23)c1. The van der Waals surface area contributed by atoms with Gasteiger partial charge in [0.2, 0.25) is 15.9 Å². The third-order valence-corrected chi connectivity index (χ3v) is 6.60. The lowest BCUT2D eigenvalue weighted by Gasteiger charge is -2.12. The van der Waals surface area contributed by atoms with Crippen LogP contribution < -0.4 is 5.32 Å². The van der Waals surface area contributed by atoms with E-state index in [-0.39, 0.29) is 17.2 Å². The number of nitrogens with zero attached hydrogens (tertiary/aromatic N) is 1. The van der Waals surface area contributed by atoms with Crippen LogP contribution in [0.2, 0.25) is 0 Å². The van der Waals surface area contributed by atoms with Crippen molar-refractivity contribution in [2.24, 2.45) is 0 Å². The Bertz CT molecular complexity index is 1320. The first-order valence-electron chi connectivity index (χ1n) is 9.06. The number of carbonyl (C=O) groups is 1. The van der Waals surface area contributed by atoms with Gasteiger partial charge in [-0.25, -0.2) is 12.7 Å². The van der Waals surface area contributed by atoms with Crippen molar-refractivity contribution < 1.29 is 17.6 Å². The standard InChI is InChI=1S/C22H20N2O4S/c1-24(2)29(26,27)18-8-5-7-17(13-18)23-21(25)12-16-14-28-20-11-10-15-6-3-4-9-19(15)22(16)20/h3-11,13-14H,12H2,1-2H3,(H,23,25). The minimum atomic E-state index is -3.57. The van der Waals surface area contributed by atoms with Crippen LogP contribution in [-0.2, 0) is 21.2 Å². The van der Waals surface area contributed by atoms with E-state index in [0.717, 1.165) is 31.6 Å². The van der Waals surface area contributed by atoms with Gasteiger partial charge in [0.1, 0.15) is 5.58 Å². The van der Waals surface area contributed by atoms with Crippen LogP contribution in [0.1, 0.15) is 5.56 Å². The summed E-state index contributed by atoms with van der Waals surface area (Å²) in [7, 11) is -0.637. The molecule has 148 valence electrons. The molecule has 0 radical (unpaired) electrons. The second-order valence-electron chi connectivity index (χ2n) is 6.96. The smallest absolute Gasteiger partial charge is 0.242 e. The van der Waals surface area contributed by atoms with Gasteiger partial charge in [-0.1, -0.05) is 36.4 Å². The maximum Gasteiger partial charge on any atom is 0.242 e. The van der Waals surface area contributed by atoms with E-state index in [0.29, 0.717) is 5.69 Å². The maximum absolute atomic E-state index is 12.6. The average Bonchev–Trinajstić information content (AvgIpc) is 3.11. The molecule has 0 atom stereocenters. The molecule has 1 aromatic heterocycles. The molecule has 0 saturated heterocycles. The van der Waals surface area contributed by atoms with Crippen LogP contribution in [0.15, 0.2) is 76.2 Å². The molecule has 0 aliphatic rings. The van der Waals surface area contributed by atoms with E-state index in [4.69, 9.17) is 4.42 Å². The first kappa shape index (κ1) is 19.2. The molecule has 29 heavy (non-hydrogen) atoms. The highest BCUT2D eigenvalue weighted by molar-refractivity contribution is 7.89. The molecule has 0 fully saturated rings. The van der Waals surface area contributed by atoms with Crippen molar-refractivity contribution in [1.29, 1.82) is 0 Å². The Morgan fingerprint density at radius 2 is 1.83 bits per heavy atom. The molecule has 0 saturated carbocycles. The fourth-order valence-electron chi connectivity index (χ4n) is 3.33. The van der Waals surface area contributed by atoms with E-state index < -0.39 is 10.0 Å². The van der Waals surface area contributed by atoms with Gasteiger partial charge in [0, 0.05) is 30.7 Å². The summed E-state index contributed by atoms with van der Waals surface area (Å²) in [6.45, 7) is 0. The molecule has 4 aromatic rings. The zero-order valence-electron chi connectivity index (χ0n) is 16.0. The predicted octanol–water partition coefficient (Wildman–Crippen LogP) is 4.02. The first-order chi connectivity index (χ1) is 13.9. The molecule has 0 aliphatic carbocycles. The van der Waals surface area contributed by atoms with Crippen molar-refractivity contribution in [3.05, 3.63) is 72.5 Å². The quantitative estimate of drug-likeness (QED) is 0.541. The predicted molar refractivity (Wildman–Crippen MR) is 113 cm³/mol. The van der Waals surface area contributed by atoms with Crippen LogP contribution in [0.5, 0.6) is 0 Å². The van der Waals surface area contributed by atoms with Gasteiger partial charge in [-0.15, -0.1) is 0 Å². The molecule has 0 aliphatic heterocycles. The number of amides is 1. The van der Waals surface area contributed by atoms with Gasteiger partial charge < -0.3 is 9.73 Å². The monoisotopic (exact) mass is 408 g/mol. The number of hydrogen-bond donors (Lipinski definition) is 1. The second kappa shape index (κ2) is 7.35. The second-order valence-corrected chi connectivity index (χ2v) is 9.11. The Labute approximate surface area is 168 Å². The molecular formula is C22H20N2O4S. The lowest BCUT2D eigenvalue weighted by molar-refractivity contribution is -0.115. The molecule has 6 nitrogen and oxygen atoms in total. The van der Waals surface area contributed by atoms with E-state index in [1.54, 1.807) is 18.4 Å². The van der Waals surface area contributed by atoms with Crippen LogP contribution in [0, 0.1) is 0 Å². The Morgan fingerprint density at radius 3 is 2.62 bits per heavy atom. The Balaban J connectivity index is 1.61. The van der Waals surface area contributed by atoms with Gasteiger partial charge in [-0.2, -0.15) is 0 Å². The topological polar surface area (TPSA) is 79.6 Å². The fourth-order valence-corrected chi connectivity index (χ4v) is 4.28. The molecule has 0 spiro atoms. The van der Waals surface area contributed by atoms with E-state index >= 15 is 0 Å². The third-order valence-electron chi connectivity index (χ3n) is 4.79. The zero-order valence-corrected chi connectivity index (χ0v) is 16.9. The van der Waals surface area contributed by atoms with Crippen molar-refractivity contribution in [2.75, 3.05) is 19.4 Å². The Kier molecular flexibility index (Phi) is 4.86. The lowest BCUT2D eigenvalue weighted by Crippen LogP contribution is -2.22. The molecule has 7 heteroatoms. The Morgan fingerprint density at radius 1 is 1.03 bits per heavy atom. The maximum atomic E-state index is 12.6. The third kappa shape index (κ3) is 3.62. The number of hydrogen-bond acceptors (Lipinski definition) is 4. The van der Waals surface area contributed by atoms with Gasteiger partial charge in [-0.3, -0.25) is 4.79 Å². The van der Waals surface area contributed by atoms with E-state index in [9.17, 15) is 13.2 Å². The number of carbonyl (C=O) groups excluding carboxylic acids is 1. The minimum Gasteiger partial charge on any atom is -0.464 e. The van der Waals surface area contributed by atoms with Gasteiger partial charge in [0.15, 0.2) is 0 Å². The summed E-state index contributed by atoms with van der Waals surface area (Å²) in [5, 5.41) is 5.80. The minimum absolute atomic E-state index is 0.117. The molecule has 3 aromatic carbocycles. The highest BCUT2D eigenvalue weighted by Gasteiger charge is 2.18. The number of sulfonamides is 1. The number of rotatable bonds is 5. The summed E-state index contributed by atoms with van der Waals surface area (Å²) in [5.74, 6) is -0.250. The van der Waals surface area contributed by atoms with E-state index in [1.807, 2.05) is 36.4 Å². The molecule has 0 unspecified atom stereocenters. The highest BCUT2D eigenvalue weighted by Crippen LogP contribution is 2.30. The van der Waals surface area contributed by atoms with Gasteiger partial charge in [-0.05, 0) is 35.0 Å². The molecule has 1 amide bonds. The van der Waals surface area contributed by atoms with Crippen LogP contribution in [0.25, 0.3) is 21.7 Å². The largest absolute Gasteiger partial charge is 0.464 e. The summed E-state index contributed by atoms with van der Waals surface area (Å²) in [6.07, 6.45) is 1.72. The van der Waals surface area contributed by atoms with Crippen molar-refractivity contribution in [3.63, 3.8) is 0 Å². The van der Waals surface area contributed by atoms with Gasteiger partial charge >= 0.3 is 0 Å². The van der Waals surface area contributed by atoms with Crippen LogP contribution in [0.4, 0.5) is 5.69 Å². The van der Waals surface area contributed by atoms with Crippen molar-refractivity contribution in [3.8, 4) is 0 Å². The number of anilines is 1. The molecule has 0 bridgehead atoms. The van der Waals surface area contributed by atoms with Crippen LogP contribution in [-0.4, -0.2) is 32.7 Å². The van der Waals surface area contributed by atoms with E-state index in [1.165, 1.54) is 26.2 Å². The lowest BCUT2D eigenvalue weighted by atomic mass is 10.0. The number of furan rings is 1. The summed E-state index contributed by atoms with van der Waals surface area (Å²) in [4.78, 5) is 12.8. The summed E-state index contributed by atoms with van der Waals surface area (Å²) in [5.41, 5.74) is 1.94. The van der Waals surface area contributed by atoms with Crippen molar-refractivity contribution in [2.45, 2.75) is 11.3 Å². The van der Waals surface area contributed by atoms with Gasteiger partial charge in [0.25, 0.3) is 0 Å². The zero-order chi connectivity index (χ0) is 20.6. The van der Waals surface area contributed by atoms with Crippen LogP contribution in [0.3, 0.4) is 0 Å². The molecular weight excluding hydrogens is 388 g/mol.